The fraction of sp³-hybridized carbons (Fsp3) is 0.250. The Morgan fingerprint density at radius 1 is 0.963 bits per heavy atom. The Balaban J connectivity index is 2.17. The summed E-state index contributed by atoms with van der Waals surface area (Å²) >= 11 is 0. The minimum absolute atomic E-state index is 0.285. The van der Waals surface area contributed by atoms with Crippen molar-refractivity contribution in [3.8, 4) is 5.69 Å². The van der Waals surface area contributed by atoms with Gasteiger partial charge in [0.05, 0.1) is 16.3 Å². The zero-order valence-corrected chi connectivity index (χ0v) is 16.9. The summed E-state index contributed by atoms with van der Waals surface area (Å²) in [5.74, 6) is 0. The summed E-state index contributed by atoms with van der Waals surface area (Å²) in [7, 11) is -3.83. The van der Waals surface area contributed by atoms with Crippen molar-refractivity contribution in [1.82, 2.24) is 9.55 Å². The molecule has 0 unspecified atom stereocenters. The number of aromatic nitrogens is 2. The Labute approximate surface area is 158 Å². The van der Waals surface area contributed by atoms with E-state index in [9.17, 15) is 13.2 Å². The second-order valence-electron chi connectivity index (χ2n) is 6.78. The van der Waals surface area contributed by atoms with Crippen LogP contribution in [0, 0.1) is 34.6 Å². The molecule has 0 saturated heterocycles. The van der Waals surface area contributed by atoms with Crippen molar-refractivity contribution < 1.29 is 8.42 Å². The van der Waals surface area contributed by atoms with Crippen LogP contribution in [-0.2, 0) is 10.0 Å². The third-order valence-electron chi connectivity index (χ3n) is 4.92. The van der Waals surface area contributed by atoms with Gasteiger partial charge in [-0.2, -0.15) is 0 Å². The number of para-hydroxylation sites is 2. The summed E-state index contributed by atoms with van der Waals surface area (Å²) in [6.45, 7) is 9.20. The van der Waals surface area contributed by atoms with Crippen LogP contribution < -0.4 is 10.4 Å². The lowest BCUT2D eigenvalue weighted by Gasteiger charge is -2.18. The Hall–Kier alpha value is -2.80. The molecule has 0 radical (unpaired) electrons. The first-order valence-electron chi connectivity index (χ1n) is 8.60. The summed E-state index contributed by atoms with van der Waals surface area (Å²) in [6.07, 6.45) is 1.59. The lowest BCUT2D eigenvalue weighted by Crippen LogP contribution is -2.21. The van der Waals surface area contributed by atoms with E-state index in [4.69, 9.17) is 0 Å². The van der Waals surface area contributed by atoms with E-state index in [1.165, 1.54) is 4.57 Å². The maximum atomic E-state index is 13.2. The Morgan fingerprint density at radius 3 is 2.11 bits per heavy atom. The van der Waals surface area contributed by atoms with E-state index in [0.717, 1.165) is 22.3 Å². The molecule has 0 bridgehead atoms. The fourth-order valence-electron chi connectivity index (χ4n) is 3.29. The van der Waals surface area contributed by atoms with Crippen molar-refractivity contribution in [1.29, 1.82) is 0 Å². The predicted octanol–water partition coefficient (Wildman–Crippen LogP) is 3.51. The highest BCUT2D eigenvalue weighted by atomic mass is 32.2. The number of nitrogens with one attached hydrogen (secondary N) is 2. The number of hydrogen-bond acceptors (Lipinski definition) is 3. The lowest BCUT2D eigenvalue weighted by atomic mass is 10.0. The van der Waals surface area contributed by atoms with Crippen molar-refractivity contribution in [2.45, 2.75) is 39.5 Å². The molecule has 142 valence electrons. The van der Waals surface area contributed by atoms with Crippen LogP contribution in [0.3, 0.4) is 0 Å². The number of rotatable bonds is 4. The minimum Gasteiger partial charge on any atom is -0.312 e. The number of imidazole rings is 1. The Morgan fingerprint density at radius 2 is 1.56 bits per heavy atom. The monoisotopic (exact) mass is 385 g/mol. The first-order chi connectivity index (χ1) is 12.6. The van der Waals surface area contributed by atoms with Gasteiger partial charge < -0.3 is 4.98 Å². The van der Waals surface area contributed by atoms with Crippen molar-refractivity contribution in [3.63, 3.8) is 0 Å². The molecule has 0 spiro atoms. The van der Waals surface area contributed by atoms with Crippen LogP contribution in [0.4, 0.5) is 5.69 Å². The highest BCUT2D eigenvalue weighted by Crippen LogP contribution is 2.29. The van der Waals surface area contributed by atoms with Crippen LogP contribution in [0.25, 0.3) is 5.69 Å². The van der Waals surface area contributed by atoms with Gasteiger partial charge in [-0.05, 0) is 69.0 Å². The number of sulfonamides is 1. The van der Waals surface area contributed by atoms with Gasteiger partial charge in [0.2, 0.25) is 0 Å². The van der Waals surface area contributed by atoms with E-state index in [1.54, 1.807) is 37.4 Å². The number of benzene rings is 2. The number of aromatic amines is 1. The van der Waals surface area contributed by atoms with Crippen molar-refractivity contribution in [2.24, 2.45) is 0 Å². The predicted molar refractivity (Wildman–Crippen MR) is 107 cm³/mol. The molecule has 0 aliphatic heterocycles. The van der Waals surface area contributed by atoms with Crippen LogP contribution >= 0.6 is 0 Å². The molecule has 0 aliphatic rings. The molecule has 0 fully saturated rings. The molecule has 27 heavy (non-hydrogen) atoms. The molecule has 0 atom stereocenters. The largest absolute Gasteiger partial charge is 0.330 e. The van der Waals surface area contributed by atoms with E-state index in [1.807, 2.05) is 33.8 Å². The lowest BCUT2D eigenvalue weighted by molar-refractivity contribution is 0.599. The Kier molecular flexibility index (Phi) is 4.73. The van der Waals surface area contributed by atoms with Gasteiger partial charge in [-0.25, -0.2) is 13.2 Å². The van der Waals surface area contributed by atoms with E-state index < -0.39 is 10.0 Å². The smallest absolute Gasteiger partial charge is 0.312 e. The van der Waals surface area contributed by atoms with E-state index in [2.05, 4.69) is 9.71 Å². The second kappa shape index (κ2) is 6.74. The first-order valence-corrected chi connectivity index (χ1v) is 10.1. The maximum Gasteiger partial charge on any atom is 0.330 e. The summed E-state index contributed by atoms with van der Waals surface area (Å²) in [6, 6.07) is 8.84. The zero-order chi connectivity index (χ0) is 19.9. The molecule has 7 heteroatoms. The van der Waals surface area contributed by atoms with Gasteiger partial charge in [0.15, 0.2) is 0 Å². The highest BCUT2D eigenvalue weighted by molar-refractivity contribution is 7.92. The highest BCUT2D eigenvalue weighted by Gasteiger charge is 2.23. The molecule has 1 heterocycles. The quantitative estimate of drug-likeness (QED) is 0.721. The normalized spacial score (nSPS) is 11.6. The third kappa shape index (κ3) is 3.30. The van der Waals surface area contributed by atoms with Gasteiger partial charge in [-0.1, -0.05) is 18.2 Å². The third-order valence-corrected chi connectivity index (χ3v) is 6.55. The Bertz CT molecular complexity index is 1160. The van der Waals surface area contributed by atoms with Crippen LogP contribution in [0.1, 0.15) is 27.9 Å². The van der Waals surface area contributed by atoms with Crippen molar-refractivity contribution in [3.05, 3.63) is 75.0 Å². The SMILES string of the molecule is Cc1cc(C)c(C)c(S(=O)(=O)Nc2ccccc2-n2c(C)c[nH]c2=O)c1C. The molecule has 6 nitrogen and oxygen atoms in total. The van der Waals surface area contributed by atoms with Gasteiger partial charge in [-0.3, -0.25) is 9.29 Å². The van der Waals surface area contributed by atoms with Crippen molar-refractivity contribution >= 4 is 15.7 Å². The summed E-state index contributed by atoms with van der Waals surface area (Å²) in [5.41, 5.74) is 4.47. The molecule has 0 aliphatic carbocycles. The van der Waals surface area contributed by atoms with E-state index in [-0.39, 0.29) is 10.6 Å². The average Bonchev–Trinajstić information content (AvgIpc) is 2.92. The van der Waals surface area contributed by atoms with Crippen LogP contribution in [0.2, 0.25) is 0 Å². The molecular formula is C20H23N3O3S. The van der Waals surface area contributed by atoms with E-state index >= 15 is 0 Å². The number of aryl methyl sites for hydroxylation is 3. The van der Waals surface area contributed by atoms with Gasteiger partial charge >= 0.3 is 5.69 Å². The zero-order valence-electron chi connectivity index (χ0n) is 16.0. The average molecular weight is 385 g/mol. The first kappa shape index (κ1) is 19.0. The molecule has 2 aromatic carbocycles. The van der Waals surface area contributed by atoms with Crippen LogP contribution in [0.5, 0.6) is 0 Å². The van der Waals surface area contributed by atoms with Gasteiger partial charge in [0.1, 0.15) is 0 Å². The summed E-state index contributed by atoms with van der Waals surface area (Å²) in [4.78, 5) is 15.1. The number of H-pyrrole nitrogens is 1. The molecule has 0 amide bonds. The standard InChI is InChI=1S/C20H23N3O3S/c1-12-10-13(2)16(5)19(15(12)4)27(25,26)22-17-8-6-7-9-18(17)23-14(3)11-21-20(23)24/h6-11,22H,1-5H3,(H,21,24). The number of hydrogen-bond donors (Lipinski definition) is 2. The minimum atomic E-state index is -3.83. The van der Waals surface area contributed by atoms with Gasteiger partial charge in [0.25, 0.3) is 10.0 Å². The van der Waals surface area contributed by atoms with Crippen LogP contribution in [-0.4, -0.2) is 18.0 Å². The maximum absolute atomic E-state index is 13.2. The molecule has 3 rings (SSSR count). The summed E-state index contributed by atoms with van der Waals surface area (Å²) in [5, 5.41) is 0. The number of nitrogens with zero attached hydrogens (tertiary/aromatic N) is 1. The summed E-state index contributed by atoms with van der Waals surface area (Å²) < 4.78 is 30.6. The van der Waals surface area contributed by atoms with E-state index in [0.29, 0.717) is 17.1 Å². The second-order valence-corrected chi connectivity index (χ2v) is 8.40. The number of anilines is 1. The molecule has 3 aromatic rings. The fourth-order valence-corrected chi connectivity index (χ4v) is 4.98. The molecule has 2 N–H and O–H groups in total. The van der Waals surface area contributed by atoms with Crippen molar-refractivity contribution in [2.75, 3.05) is 4.72 Å². The van der Waals surface area contributed by atoms with Gasteiger partial charge in [0, 0.05) is 11.9 Å². The van der Waals surface area contributed by atoms with Gasteiger partial charge in [-0.15, -0.1) is 0 Å². The van der Waals surface area contributed by atoms with Crippen LogP contribution in [0.15, 0.2) is 46.2 Å². The molecular weight excluding hydrogens is 362 g/mol. The molecule has 0 saturated carbocycles. The molecule has 1 aromatic heterocycles. The topological polar surface area (TPSA) is 84.0 Å².